The third-order valence-electron chi connectivity index (χ3n) is 5.66. The van der Waals surface area contributed by atoms with Gasteiger partial charge >= 0.3 is 0 Å². The lowest BCUT2D eigenvalue weighted by atomic mass is 10.2. The Morgan fingerprint density at radius 1 is 0.632 bits per heavy atom. The second-order valence-electron chi connectivity index (χ2n) is 7.98. The molecule has 0 unspecified atom stereocenters. The topological polar surface area (TPSA) is 89.3 Å². The summed E-state index contributed by atoms with van der Waals surface area (Å²) in [5.74, 6) is 2.28. The van der Waals surface area contributed by atoms with Crippen molar-refractivity contribution in [1.29, 1.82) is 0 Å². The fourth-order valence-electron chi connectivity index (χ4n) is 3.93. The molecule has 6 aromatic rings. The first kappa shape index (κ1) is 25.0. The molecule has 0 atom stereocenters. The van der Waals surface area contributed by atoms with Crippen LogP contribution >= 0.6 is 24.4 Å². The summed E-state index contributed by atoms with van der Waals surface area (Å²) in [5, 5.41) is 14.3. The molecule has 6 rings (SSSR count). The maximum absolute atomic E-state index is 5.40. The SMILES string of the molecule is COc1ccccc1-c1n[nH]c(=S)n1-c1ccccc1.S=c1[nH]nc(-c2ccncc2)n1-c1ccccc1. The third kappa shape index (κ3) is 5.22. The number of aromatic nitrogens is 7. The molecule has 3 heterocycles. The number of hydrogen-bond donors (Lipinski definition) is 2. The highest BCUT2D eigenvalue weighted by molar-refractivity contribution is 7.71. The monoisotopic (exact) mass is 537 g/mol. The van der Waals surface area contributed by atoms with E-state index in [0.717, 1.165) is 39.9 Å². The van der Waals surface area contributed by atoms with Crippen LogP contribution in [-0.4, -0.2) is 41.6 Å². The van der Waals surface area contributed by atoms with Crippen molar-refractivity contribution in [3.05, 3.63) is 119 Å². The molecule has 3 aromatic carbocycles. The van der Waals surface area contributed by atoms with Crippen LogP contribution in [0.3, 0.4) is 0 Å². The lowest BCUT2D eigenvalue weighted by Gasteiger charge is -2.09. The zero-order valence-corrected chi connectivity index (χ0v) is 22.0. The molecule has 0 saturated carbocycles. The summed E-state index contributed by atoms with van der Waals surface area (Å²) >= 11 is 10.6. The second kappa shape index (κ2) is 11.6. The summed E-state index contributed by atoms with van der Waals surface area (Å²) in [6, 6.07) is 31.4. The smallest absolute Gasteiger partial charge is 0.200 e. The van der Waals surface area contributed by atoms with Gasteiger partial charge in [-0.1, -0.05) is 48.5 Å². The standard InChI is InChI=1S/C15H13N3OS.C13H10N4S/c1-19-13-10-6-5-9-12(13)14-16-17-15(20)18(14)11-7-3-2-4-8-11;18-13-16-15-12(10-6-8-14-9-7-10)17(13)11-4-2-1-3-5-11/h2-10H,1H3,(H,17,20);1-9H,(H,16,18). The first-order valence-corrected chi connectivity index (χ1v) is 12.5. The van der Waals surface area contributed by atoms with Crippen LogP contribution in [0.15, 0.2) is 109 Å². The fourth-order valence-corrected chi connectivity index (χ4v) is 4.41. The maximum Gasteiger partial charge on any atom is 0.200 e. The van der Waals surface area contributed by atoms with E-state index < -0.39 is 0 Å². The van der Waals surface area contributed by atoms with Crippen LogP contribution in [-0.2, 0) is 0 Å². The van der Waals surface area contributed by atoms with Crippen LogP contribution in [0.2, 0.25) is 0 Å². The second-order valence-corrected chi connectivity index (χ2v) is 8.76. The number of nitrogens with one attached hydrogen (secondary N) is 2. The van der Waals surface area contributed by atoms with Gasteiger partial charge in [-0.3, -0.25) is 24.3 Å². The molecule has 188 valence electrons. The molecule has 0 aliphatic heterocycles. The molecule has 10 heteroatoms. The zero-order chi connectivity index (χ0) is 26.3. The Morgan fingerprint density at radius 2 is 1.13 bits per heavy atom. The van der Waals surface area contributed by atoms with E-state index in [1.54, 1.807) is 19.5 Å². The maximum atomic E-state index is 5.40. The van der Waals surface area contributed by atoms with Crippen LogP contribution in [0.1, 0.15) is 0 Å². The Hall–Kier alpha value is -4.67. The minimum atomic E-state index is 0.553. The Labute approximate surface area is 229 Å². The molecular formula is C28H23N7OS2. The fraction of sp³-hybridized carbons (Fsp3) is 0.0357. The molecule has 0 amide bonds. The van der Waals surface area contributed by atoms with Gasteiger partial charge in [-0.2, -0.15) is 10.2 Å². The van der Waals surface area contributed by atoms with Crippen LogP contribution in [0, 0.1) is 9.54 Å². The predicted molar refractivity (Wildman–Crippen MR) is 153 cm³/mol. The lowest BCUT2D eigenvalue weighted by Crippen LogP contribution is -1.98. The number of para-hydroxylation sites is 3. The highest BCUT2D eigenvalue weighted by Crippen LogP contribution is 2.29. The van der Waals surface area contributed by atoms with Crippen LogP contribution in [0.4, 0.5) is 0 Å². The molecule has 38 heavy (non-hydrogen) atoms. The van der Waals surface area contributed by atoms with E-state index in [9.17, 15) is 0 Å². The van der Waals surface area contributed by atoms with E-state index in [0.29, 0.717) is 9.54 Å². The number of hydrogen-bond acceptors (Lipinski definition) is 6. The van der Waals surface area contributed by atoms with Crippen LogP contribution in [0.5, 0.6) is 5.75 Å². The molecule has 0 radical (unpaired) electrons. The summed E-state index contributed by atoms with van der Waals surface area (Å²) in [5.41, 5.74) is 3.82. The van der Waals surface area contributed by atoms with Gasteiger partial charge in [-0.05, 0) is 73.0 Å². The number of aromatic amines is 2. The molecule has 0 aliphatic carbocycles. The summed E-state index contributed by atoms with van der Waals surface area (Å²) in [6.07, 6.45) is 3.48. The van der Waals surface area contributed by atoms with E-state index in [-0.39, 0.29) is 0 Å². The number of methoxy groups -OCH3 is 1. The van der Waals surface area contributed by atoms with Gasteiger partial charge in [0.25, 0.3) is 0 Å². The van der Waals surface area contributed by atoms with Crippen LogP contribution < -0.4 is 4.74 Å². The Bertz CT molecular complexity index is 1740. The van der Waals surface area contributed by atoms with Crippen molar-refractivity contribution >= 4 is 24.4 Å². The third-order valence-corrected chi connectivity index (χ3v) is 6.21. The van der Waals surface area contributed by atoms with Crippen molar-refractivity contribution in [3.63, 3.8) is 0 Å². The number of nitrogens with zero attached hydrogens (tertiary/aromatic N) is 5. The molecule has 0 spiro atoms. The molecular weight excluding hydrogens is 514 g/mol. The van der Waals surface area contributed by atoms with E-state index in [2.05, 4.69) is 25.4 Å². The minimum Gasteiger partial charge on any atom is -0.496 e. The summed E-state index contributed by atoms with van der Waals surface area (Å²) in [4.78, 5) is 4.01. The van der Waals surface area contributed by atoms with Gasteiger partial charge in [0, 0.05) is 29.3 Å². The van der Waals surface area contributed by atoms with Gasteiger partial charge < -0.3 is 4.74 Å². The molecule has 3 aromatic heterocycles. The highest BCUT2D eigenvalue weighted by atomic mass is 32.1. The van der Waals surface area contributed by atoms with Crippen molar-refractivity contribution in [3.8, 4) is 39.9 Å². The van der Waals surface area contributed by atoms with E-state index in [4.69, 9.17) is 29.2 Å². The van der Waals surface area contributed by atoms with Gasteiger partial charge in [0.2, 0.25) is 0 Å². The molecule has 0 bridgehead atoms. The number of benzene rings is 3. The number of rotatable bonds is 5. The average Bonchev–Trinajstić information content (AvgIpc) is 3.57. The molecule has 2 N–H and O–H groups in total. The lowest BCUT2D eigenvalue weighted by molar-refractivity contribution is 0.416. The van der Waals surface area contributed by atoms with Crippen molar-refractivity contribution in [2.24, 2.45) is 0 Å². The Kier molecular flexibility index (Phi) is 7.62. The van der Waals surface area contributed by atoms with Gasteiger partial charge in [0.15, 0.2) is 21.2 Å². The van der Waals surface area contributed by atoms with E-state index in [1.807, 2.05) is 106 Å². The minimum absolute atomic E-state index is 0.553. The molecule has 8 nitrogen and oxygen atoms in total. The number of pyridine rings is 1. The van der Waals surface area contributed by atoms with Gasteiger partial charge in [0.05, 0.1) is 12.7 Å². The predicted octanol–water partition coefficient (Wildman–Crippen LogP) is 6.60. The van der Waals surface area contributed by atoms with Crippen molar-refractivity contribution < 1.29 is 4.74 Å². The van der Waals surface area contributed by atoms with E-state index in [1.165, 1.54) is 0 Å². The van der Waals surface area contributed by atoms with Crippen LogP contribution in [0.25, 0.3) is 34.2 Å². The van der Waals surface area contributed by atoms with E-state index >= 15 is 0 Å². The zero-order valence-electron chi connectivity index (χ0n) is 20.4. The van der Waals surface area contributed by atoms with Gasteiger partial charge in [-0.15, -0.1) is 0 Å². The first-order valence-electron chi connectivity index (χ1n) is 11.7. The van der Waals surface area contributed by atoms with Crippen molar-refractivity contribution in [1.82, 2.24) is 34.5 Å². The van der Waals surface area contributed by atoms with Gasteiger partial charge in [0.1, 0.15) is 5.75 Å². The van der Waals surface area contributed by atoms with Crippen molar-refractivity contribution in [2.75, 3.05) is 7.11 Å². The Morgan fingerprint density at radius 3 is 1.71 bits per heavy atom. The summed E-state index contributed by atoms with van der Waals surface area (Å²) in [6.45, 7) is 0. The quantitative estimate of drug-likeness (QED) is 0.241. The summed E-state index contributed by atoms with van der Waals surface area (Å²) < 4.78 is 10.3. The van der Waals surface area contributed by atoms with Gasteiger partial charge in [-0.25, -0.2) is 0 Å². The number of ether oxygens (including phenoxy) is 1. The molecule has 0 saturated heterocycles. The van der Waals surface area contributed by atoms with Crippen molar-refractivity contribution in [2.45, 2.75) is 0 Å². The normalized spacial score (nSPS) is 10.4. The number of H-pyrrole nitrogens is 2. The summed E-state index contributed by atoms with van der Waals surface area (Å²) in [7, 11) is 1.65. The largest absolute Gasteiger partial charge is 0.496 e. The highest BCUT2D eigenvalue weighted by Gasteiger charge is 2.14. The Balaban J connectivity index is 0.000000156. The molecule has 0 fully saturated rings. The first-order chi connectivity index (χ1) is 18.7. The molecule has 0 aliphatic rings. The average molecular weight is 538 g/mol.